The van der Waals surface area contributed by atoms with Crippen molar-refractivity contribution in [3.63, 3.8) is 0 Å². The first kappa shape index (κ1) is 26.2. The van der Waals surface area contributed by atoms with Gasteiger partial charge < -0.3 is 19.6 Å². The first-order valence-corrected chi connectivity index (χ1v) is 12.6. The SMILES string of the molecule is CCc1ccc([C@@H]2/C(=C(\O)c3ccc(OCc4ccccc4)cc3C)C(=O)C(=O)N2CCN(C)C)cc1. The van der Waals surface area contributed by atoms with E-state index in [4.69, 9.17) is 4.74 Å². The molecule has 192 valence electrons. The lowest BCUT2D eigenvalue weighted by molar-refractivity contribution is -0.140. The lowest BCUT2D eigenvalue weighted by Crippen LogP contribution is -2.35. The van der Waals surface area contributed by atoms with Crippen molar-refractivity contribution in [2.75, 3.05) is 27.2 Å². The molecular weight excluding hydrogens is 464 g/mol. The number of Topliss-reactive ketones (excluding diaryl/α,β-unsaturated/α-hetero) is 1. The maximum atomic E-state index is 13.3. The van der Waals surface area contributed by atoms with Gasteiger partial charge >= 0.3 is 0 Å². The molecule has 1 heterocycles. The van der Waals surface area contributed by atoms with Crippen LogP contribution in [0.25, 0.3) is 5.76 Å². The fourth-order valence-electron chi connectivity index (χ4n) is 4.58. The van der Waals surface area contributed by atoms with Crippen LogP contribution in [0.1, 0.15) is 40.8 Å². The number of aliphatic hydroxyl groups excluding tert-OH is 1. The number of benzene rings is 3. The number of carbonyl (C=O) groups is 2. The van der Waals surface area contributed by atoms with E-state index >= 15 is 0 Å². The number of hydrogen-bond acceptors (Lipinski definition) is 5. The van der Waals surface area contributed by atoms with Crippen LogP contribution in [-0.4, -0.2) is 53.8 Å². The lowest BCUT2D eigenvalue weighted by atomic mass is 9.93. The maximum Gasteiger partial charge on any atom is 0.295 e. The predicted octanol–water partition coefficient (Wildman–Crippen LogP) is 5.12. The Morgan fingerprint density at radius 3 is 2.30 bits per heavy atom. The third-order valence-electron chi connectivity index (χ3n) is 6.73. The Bertz CT molecular complexity index is 1300. The summed E-state index contributed by atoms with van der Waals surface area (Å²) >= 11 is 0. The Labute approximate surface area is 218 Å². The highest BCUT2D eigenvalue weighted by atomic mass is 16.5. The van der Waals surface area contributed by atoms with E-state index in [-0.39, 0.29) is 11.3 Å². The molecule has 37 heavy (non-hydrogen) atoms. The third kappa shape index (κ3) is 5.75. The molecule has 3 aromatic carbocycles. The van der Waals surface area contributed by atoms with Crippen molar-refractivity contribution in [1.29, 1.82) is 0 Å². The second-order valence-corrected chi connectivity index (χ2v) is 9.64. The molecule has 0 unspecified atom stereocenters. The summed E-state index contributed by atoms with van der Waals surface area (Å²) < 4.78 is 5.92. The molecular formula is C31H34N2O4. The van der Waals surface area contributed by atoms with Crippen LogP contribution >= 0.6 is 0 Å². The van der Waals surface area contributed by atoms with Crippen molar-refractivity contribution in [2.24, 2.45) is 0 Å². The highest BCUT2D eigenvalue weighted by molar-refractivity contribution is 6.46. The van der Waals surface area contributed by atoms with Gasteiger partial charge in [0.05, 0.1) is 11.6 Å². The monoisotopic (exact) mass is 498 g/mol. The van der Waals surface area contributed by atoms with E-state index in [2.05, 4.69) is 6.92 Å². The molecule has 1 fully saturated rings. The minimum absolute atomic E-state index is 0.119. The van der Waals surface area contributed by atoms with Crippen molar-refractivity contribution in [3.8, 4) is 5.75 Å². The van der Waals surface area contributed by atoms with Crippen LogP contribution < -0.4 is 4.74 Å². The molecule has 4 rings (SSSR count). The minimum atomic E-state index is -0.662. The molecule has 0 aromatic heterocycles. The molecule has 0 saturated carbocycles. The van der Waals surface area contributed by atoms with Gasteiger partial charge in [-0.1, -0.05) is 61.5 Å². The fourth-order valence-corrected chi connectivity index (χ4v) is 4.58. The molecule has 0 spiro atoms. The van der Waals surface area contributed by atoms with Gasteiger partial charge in [-0.2, -0.15) is 0 Å². The van der Waals surface area contributed by atoms with E-state index < -0.39 is 17.7 Å². The second-order valence-electron chi connectivity index (χ2n) is 9.64. The minimum Gasteiger partial charge on any atom is -0.507 e. The molecule has 0 aliphatic carbocycles. The Morgan fingerprint density at radius 1 is 0.973 bits per heavy atom. The lowest BCUT2D eigenvalue weighted by Gasteiger charge is -2.27. The van der Waals surface area contributed by atoms with Crippen LogP contribution in [0.2, 0.25) is 0 Å². The molecule has 6 heteroatoms. The van der Waals surface area contributed by atoms with Gasteiger partial charge in [-0.05, 0) is 67.9 Å². The van der Waals surface area contributed by atoms with Gasteiger partial charge in [-0.3, -0.25) is 9.59 Å². The molecule has 0 radical (unpaired) electrons. The molecule has 1 aliphatic rings. The first-order valence-electron chi connectivity index (χ1n) is 12.6. The van der Waals surface area contributed by atoms with Gasteiger partial charge in [0.15, 0.2) is 0 Å². The number of ether oxygens (including phenoxy) is 1. The van der Waals surface area contributed by atoms with Gasteiger partial charge in [0, 0.05) is 18.7 Å². The fraction of sp³-hybridized carbons (Fsp3) is 0.290. The number of nitrogens with zero attached hydrogens (tertiary/aromatic N) is 2. The second kappa shape index (κ2) is 11.4. The average molecular weight is 499 g/mol. The van der Waals surface area contributed by atoms with Crippen LogP contribution in [0, 0.1) is 6.92 Å². The summed E-state index contributed by atoms with van der Waals surface area (Å²) in [6, 6.07) is 22.5. The highest BCUT2D eigenvalue weighted by Gasteiger charge is 2.46. The zero-order valence-electron chi connectivity index (χ0n) is 21.9. The van der Waals surface area contributed by atoms with Crippen molar-refractivity contribution in [2.45, 2.75) is 32.9 Å². The first-order chi connectivity index (χ1) is 17.8. The summed E-state index contributed by atoms with van der Waals surface area (Å²) in [7, 11) is 3.85. The predicted molar refractivity (Wildman–Crippen MR) is 145 cm³/mol. The van der Waals surface area contributed by atoms with Crippen molar-refractivity contribution >= 4 is 17.4 Å². The molecule has 1 saturated heterocycles. The topological polar surface area (TPSA) is 70.1 Å². The van der Waals surface area contributed by atoms with Crippen LogP contribution in [-0.2, 0) is 22.6 Å². The Kier molecular flexibility index (Phi) is 8.09. The molecule has 1 atom stereocenters. The van der Waals surface area contributed by atoms with Gasteiger partial charge in [0.2, 0.25) is 0 Å². The number of amides is 1. The highest BCUT2D eigenvalue weighted by Crippen LogP contribution is 2.40. The van der Waals surface area contributed by atoms with E-state index in [1.807, 2.05) is 86.6 Å². The number of ketones is 1. The molecule has 1 amide bonds. The van der Waals surface area contributed by atoms with E-state index in [0.717, 1.165) is 28.7 Å². The zero-order valence-corrected chi connectivity index (χ0v) is 21.9. The molecule has 3 aromatic rings. The summed E-state index contributed by atoms with van der Waals surface area (Å²) in [6.45, 7) is 5.34. The summed E-state index contributed by atoms with van der Waals surface area (Å²) in [4.78, 5) is 29.9. The van der Waals surface area contributed by atoms with E-state index in [0.29, 0.717) is 31.0 Å². The average Bonchev–Trinajstić information content (AvgIpc) is 3.16. The molecule has 1 N–H and O–H groups in total. The van der Waals surface area contributed by atoms with Gasteiger partial charge in [0.25, 0.3) is 11.7 Å². The summed E-state index contributed by atoms with van der Waals surface area (Å²) in [6.07, 6.45) is 0.888. The molecule has 1 aliphatic heterocycles. The van der Waals surface area contributed by atoms with Gasteiger partial charge in [-0.25, -0.2) is 0 Å². The summed E-state index contributed by atoms with van der Waals surface area (Å²) in [5.74, 6) is -0.753. The van der Waals surface area contributed by atoms with E-state index in [1.54, 1.807) is 17.0 Å². The smallest absolute Gasteiger partial charge is 0.295 e. The van der Waals surface area contributed by atoms with Crippen LogP contribution in [0.3, 0.4) is 0 Å². The number of aliphatic hydroxyl groups is 1. The Morgan fingerprint density at radius 2 is 1.68 bits per heavy atom. The van der Waals surface area contributed by atoms with Crippen LogP contribution in [0.4, 0.5) is 0 Å². The van der Waals surface area contributed by atoms with Crippen LogP contribution in [0.5, 0.6) is 5.75 Å². The number of likely N-dealkylation sites (tertiary alicyclic amines) is 1. The van der Waals surface area contributed by atoms with Crippen LogP contribution in [0.15, 0.2) is 78.4 Å². The standard InChI is InChI=1S/C31H34N2O4/c1-5-22-11-13-24(14-12-22)28-27(30(35)31(36)33(28)18-17-32(3)4)29(34)26-16-15-25(19-21(26)2)37-20-23-9-7-6-8-10-23/h6-16,19,28,34H,5,17-18,20H2,1-4H3/b29-27+/t28-/m1/s1. The van der Waals surface area contributed by atoms with Gasteiger partial charge in [-0.15, -0.1) is 0 Å². The maximum absolute atomic E-state index is 13.3. The number of likely N-dealkylation sites (N-methyl/N-ethyl adjacent to an activating group) is 1. The van der Waals surface area contributed by atoms with Crippen molar-refractivity contribution in [1.82, 2.24) is 9.80 Å². The number of aryl methyl sites for hydroxylation is 2. The van der Waals surface area contributed by atoms with Crippen molar-refractivity contribution < 1.29 is 19.4 Å². The zero-order chi connectivity index (χ0) is 26.5. The Hall–Kier alpha value is -3.90. The third-order valence-corrected chi connectivity index (χ3v) is 6.73. The van der Waals surface area contributed by atoms with Crippen molar-refractivity contribution in [3.05, 3.63) is 106 Å². The van der Waals surface area contributed by atoms with E-state index in [9.17, 15) is 14.7 Å². The molecule has 0 bridgehead atoms. The summed E-state index contributed by atoms with van der Waals surface area (Å²) in [5, 5.41) is 11.4. The molecule has 6 nitrogen and oxygen atoms in total. The normalized spacial score (nSPS) is 17.0. The number of rotatable bonds is 9. The quantitative estimate of drug-likeness (QED) is 0.252. The summed E-state index contributed by atoms with van der Waals surface area (Å²) in [5.41, 5.74) is 4.40. The largest absolute Gasteiger partial charge is 0.507 e. The number of carbonyl (C=O) groups excluding carboxylic acids is 2. The van der Waals surface area contributed by atoms with Gasteiger partial charge in [0.1, 0.15) is 18.1 Å². The Balaban J connectivity index is 1.70. The number of hydrogen-bond donors (Lipinski definition) is 1. The van der Waals surface area contributed by atoms with E-state index in [1.165, 1.54) is 0 Å².